The first kappa shape index (κ1) is 17.0. The van der Waals surface area contributed by atoms with Crippen LogP contribution in [0.4, 0.5) is 0 Å². The van der Waals surface area contributed by atoms with Crippen LogP contribution in [0.5, 0.6) is 0 Å². The lowest BCUT2D eigenvalue weighted by Gasteiger charge is -2.34. The Bertz CT molecular complexity index is 437. The molecule has 0 amide bonds. The molecule has 0 bridgehead atoms. The number of likely N-dealkylation sites (N-methyl/N-ethyl adjacent to an activating group) is 1. The number of hydrogen-bond donors (Lipinski definition) is 0. The Hall–Kier alpha value is -1.06. The maximum atomic E-state index is 11.9. The third-order valence-corrected chi connectivity index (χ3v) is 4.04. The van der Waals surface area contributed by atoms with Gasteiger partial charge in [-0.2, -0.15) is 0 Å². The van der Waals surface area contributed by atoms with E-state index in [1.807, 2.05) is 25.1 Å². The van der Waals surface area contributed by atoms with Gasteiger partial charge < -0.3 is 9.64 Å². The Labute approximate surface area is 127 Å². The summed E-state index contributed by atoms with van der Waals surface area (Å²) in [5, 5.41) is 0. The molecule has 3 nitrogen and oxygen atoms in total. The Morgan fingerprint density at radius 1 is 1.35 bits per heavy atom. The Morgan fingerprint density at radius 2 is 2.00 bits per heavy atom. The van der Waals surface area contributed by atoms with E-state index in [1.165, 1.54) is 0 Å². The smallest absolute Gasteiger partial charge is 0.306 e. The first-order valence-corrected chi connectivity index (χ1v) is 7.08. The van der Waals surface area contributed by atoms with Crippen LogP contribution in [0.15, 0.2) is 30.3 Å². The van der Waals surface area contributed by atoms with Crippen molar-refractivity contribution in [2.45, 2.75) is 32.3 Å². The number of nitrogens with zero attached hydrogens (tertiary/aromatic N) is 1. The fourth-order valence-electron chi connectivity index (χ4n) is 3.07. The van der Waals surface area contributed by atoms with Crippen LogP contribution in [0.1, 0.15) is 32.3 Å². The minimum absolute atomic E-state index is 0. The Kier molecular flexibility index (Phi) is 6.03. The molecule has 0 saturated carbocycles. The number of halogens is 1. The van der Waals surface area contributed by atoms with Crippen molar-refractivity contribution in [1.29, 1.82) is 0 Å². The standard InChI is InChI=1S/C16H23NO2.ClH/c1-4-13-11-17(3)12-16(13,19-15(18)5-2)14-9-7-6-8-10-14;/h6-10,13H,4-5,11-12H2,1-3H3;1H. The van der Waals surface area contributed by atoms with E-state index in [1.54, 1.807) is 0 Å². The molecule has 112 valence electrons. The lowest BCUT2D eigenvalue weighted by molar-refractivity contribution is -0.164. The summed E-state index contributed by atoms with van der Waals surface area (Å²) in [5.74, 6) is 0.244. The van der Waals surface area contributed by atoms with Gasteiger partial charge >= 0.3 is 5.97 Å². The lowest BCUT2D eigenvalue weighted by Crippen LogP contribution is -2.40. The largest absolute Gasteiger partial charge is 0.452 e. The van der Waals surface area contributed by atoms with Crippen LogP contribution in [0.25, 0.3) is 0 Å². The number of esters is 1. The SMILES string of the molecule is CCC(=O)OC1(c2ccccc2)CN(C)CC1CC.Cl. The maximum Gasteiger partial charge on any atom is 0.306 e. The molecule has 0 aliphatic carbocycles. The average molecular weight is 298 g/mol. The highest BCUT2D eigenvalue weighted by Crippen LogP contribution is 2.41. The summed E-state index contributed by atoms with van der Waals surface area (Å²) in [7, 11) is 2.09. The summed E-state index contributed by atoms with van der Waals surface area (Å²) in [6, 6.07) is 10.2. The van der Waals surface area contributed by atoms with Crippen molar-refractivity contribution < 1.29 is 9.53 Å². The van der Waals surface area contributed by atoms with Crippen molar-refractivity contribution >= 4 is 18.4 Å². The summed E-state index contributed by atoms with van der Waals surface area (Å²) >= 11 is 0. The van der Waals surface area contributed by atoms with Crippen molar-refractivity contribution in [3.63, 3.8) is 0 Å². The molecule has 1 aromatic carbocycles. The number of carbonyl (C=O) groups is 1. The zero-order valence-electron chi connectivity index (χ0n) is 12.5. The quantitative estimate of drug-likeness (QED) is 0.799. The highest BCUT2D eigenvalue weighted by atomic mass is 35.5. The van der Waals surface area contributed by atoms with Gasteiger partial charge in [-0.1, -0.05) is 44.2 Å². The highest BCUT2D eigenvalue weighted by molar-refractivity contribution is 5.85. The van der Waals surface area contributed by atoms with Crippen LogP contribution in [0.2, 0.25) is 0 Å². The zero-order valence-corrected chi connectivity index (χ0v) is 13.3. The summed E-state index contributed by atoms with van der Waals surface area (Å²) in [5.41, 5.74) is 0.644. The summed E-state index contributed by atoms with van der Waals surface area (Å²) in [6.45, 7) is 5.77. The number of ether oxygens (including phenoxy) is 1. The summed E-state index contributed by atoms with van der Waals surface area (Å²) < 4.78 is 5.93. The molecule has 1 aromatic rings. The minimum atomic E-state index is -0.474. The van der Waals surface area contributed by atoms with Gasteiger partial charge in [-0.3, -0.25) is 4.79 Å². The fourth-order valence-corrected chi connectivity index (χ4v) is 3.07. The molecule has 4 heteroatoms. The number of rotatable bonds is 4. The fraction of sp³-hybridized carbons (Fsp3) is 0.562. The second kappa shape index (κ2) is 7.09. The maximum absolute atomic E-state index is 11.9. The zero-order chi connectivity index (χ0) is 13.9. The minimum Gasteiger partial charge on any atom is -0.452 e. The van der Waals surface area contributed by atoms with Crippen molar-refractivity contribution in [3.05, 3.63) is 35.9 Å². The van der Waals surface area contributed by atoms with Crippen molar-refractivity contribution in [2.24, 2.45) is 5.92 Å². The van der Waals surface area contributed by atoms with Crippen LogP contribution >= 0.6 is 12.4 Å². The third-order valence-electron chi connectivity index (χ3n) is 4.04. The van der Waals surface area contributed by atoms with Gasteiger partial charge in [0.05, 0.1) is 0 Å². The molecule has 2 atom stereocenters. The molecule has 0 spiro atoms. The van der Waals surface area contributed by atoms with Crippen molar-refractivity contribution in [2.75, 3.05) is 20.1 Å². The van der Waals surface area contributed by atoms with Crippen LogP contribution in [0, 0.1) is 5.92 Å². The van der Waals surface area contributed by atoms with Gasteiger partial charge in [-0.25, -0.2) is 0 Å². The van der Waals surface area contributed by atoms with Gasteiger partial charge in [-0.05, 0) is 19.0 Å². The molecule has 1 aliphatic rings. The van der Waals surface area contributed by atoms with Crippen LogP contribution < -0.4 is 0 Å². The van der Waals surface area contributed by atoms with E-state index < -0.39 is 5.60 Å². The number of likely N-dealkylation sites (tertiary alicyclic amines) is 1. The van der Waals surface area contributed by atoms with Gasteiger partial charge in [0.25, 0.3) is 0 Å². The first-order valence-electron chi connectivity index (χ1n) is 7.08. The number of hydrogen-bond acceptors (Lipinski definition) is 3. The highest BCUT2D eigenvalue weighted by Gasteiger charge is 2.48. The van der Waals surface area contributed by atoms with Crippen LogP contribution in [-0.4, -0.2) is 31.0 Å². The van der Waals surface area contributed by atoms with Crippen LogP contribution in [-0.2, 0) is 15.1 Å². The normalized spacial score (nSPS) is 26.1. The molecule has 20 heavy (non-hydrogen) atoms. The molecule has 0 aromatic heterocycles. The van der Waals surface area contributed by atoms with Gasteiger partial charge in [0.2, 0.25) is 0 Å². The van der Waals surface area contributed by atoms with E-state index in [0.29, 0.717) is 12.3 Å². The molecule has 2 rings (SSSR count). The van der Waals surface area contributed by atoms with E-state index in [0.717, 1.165) is 25.1 Å². The van der Waals surface area contributed by atoms with Crippen molar-refractivity contribution in [3.8, 4) is 0 Å². The van der Waals surface area contributed by atoms with Crippen LogP contribution in [0.3, 0.4) is 0 Å². The van der Waals surface area contributed by atoms with Gasteiger partial charge in [-0.15, -0.1) is 12.4 Å². The second-order valence-corrected chi connectivity index (χ2v) is 5.39. The van der Waals surface area contributed by atoms with E-state index in [9.17, 15) is 4.79 Å². The van der Waals surface area contributed by atoms with E-state index >= 15 is 0 Å². The second-order valence-electron chi connectivity index (χ2n) is 5.39. The molecule has 1 heterocycles. The molecular weight excluding hydrogens is 274 g/mol. The van der Waals surface area contributed by atoms with E-state index in [2.05, 4.69) is 31.0 Å². The van der Waals surface area contributed by atoms with Gasteiger partial charge in [0.1, 0.15) is 0 Å². The van der Waals surface area contributed by atoms with E-state index in [4.69, 9.17) is 4.74 Å². The van der Waals surface area contributed by atoms with Gasteiger partial charge in [0.15, 0.2) is 5.60 Å². The monoisotopic (exact) mass is 297 g/mol. The lowest BCUT2D eigenvalue weighted by atomic mass is 9.82. The molecule has 2 unspecified atom stereocenters. The molecule has 1 aliphatic heterocycles. The Balaban J connectivity index is 0.00000200. The molecule has 1 saturated heterocycles. The molecule has 1 fully saturated rings. The summed E-state index contributed by atoms with van der Waals surface area (Å²) in [4.78, 5) is 14.1. The third kappa shape index (κ3) is 3.15. The first-order chi connectivity index (χ1) is 9.12. The summed E-state index contributed by atoms with van der Waals surface area (Å²) in [6.07, 6.45) is 1.44. The average Bonchev–Trinajstić information content (AvgIpc) is 2.76. The van der Waals surface area contributed by atoms with Crippen molar-refractivity contribution in [1.82, 2.24) is 4.90 Å². The van der Waals surface area contributed by atoms with Gasteiger partial charge in [0, 0.05) is 25.4 Å². The number of benzene rings is 1. The molecule has 0 N–H and O–H groups in total. The topological polar surface area (TPSA) is 29.5 Å². The predicted octanol–water partition coefficient (Wildman–Crippen LogP) is 3.23. The van der Waals surface area contributed by atoms with E-state index in [-0.39, 0.29) is 18.4 Å². The predicted molar refractivity (Wildman–Crippen MR) is 83.0 cm³/mol. The Morgan fingerprint density at radius 3 is 2.55 bits per heavy atom. The molecule has 0 radical (unpaired) electrons. The molecular formula is C16H24ClNO2. The number of carbonyl (C=O) groups excluding carboxylic acids is 1.